The molecule has 1 fully saturated rings. The van der Waals surface area contributed by atoms with Crippen molar-refractivity contribution in [3.63, 3.8) is 0 Å². The molecule has 0 saturated carbocycles. The maximum absolute atomic E-state index is 5.87. The molecule has 7 heteroatoms. The van der Waals surface area contributed by atoms with Gasteiger partial charge in [0, 0.05) is 17.9 Å². The highest BCUT2D eigenvalue weighted by Crippen LogP contribution is 2.27. The maximum Gasteiger partial charge on any atom is 0.191 e. The fourth-order valence-corrected chi connectivity index (χ4v) is 4.20. The molecule has 1 saturated heterocycles. The lowest BCUT2D eigenvalue weighted by Crippen LogP contribution is -2.17. The Hall–Kier alpha value is -2.51. The van der Waals surface area contributed by atoms with E-state index in [0.717, 1.165) is 59.8 Å². The fourth-order valence-electron chi connectivity index (χ4n) is 3.43. The minimum absolute atomic E-state index is 0.209. The first kappa shape index (κ1) is 20.8. The Kier molecular flexibility index (Phi) is 6.92. The first-order valence-corrected chi connectivity index (χ1v) is 11.2. The molecule has 30 heavy (non-hydrogen) atoms. The van der Waals surface area contributed by atoms with Crippen molar-refractivity contribution in [1.29, 1.82) is 0 Å². The van der Waals surface area contributed by atoms with E-state index in [1.165, 1.54) is 5.56 Å². The van der Waals surface area contributed by atoms with Crippen LogP contribution in [-0.4, -0.2) is 46.9 Å². The Morgan fingerprint density at radius 3 is 2.53 bits per heavy atom. The van der Waals surface area contributed by atoms with Crippen molar-refractivity contribution in [1.82, 2.24) is 14.8 Å². The molecule has 3 aromatic rings. The molecule has 0 radical (unpaired) electrons. The van der Waals surface area contributed by atoms with E-state index in [1.807, 2.05) is 36.4 Å². The van der Waals surface area contributed by atoms with Gasteiger partial charge in [-0.05, 0) is 56.2 Å². The van der Waals surface area contributed by atoms with E-state index in [-0.39, 0.29) is 6.10 Å². The average molecular weight is 426 g/mol. The van der Waals surface area contributed by atoms with Gasteiger partial charge in [0.05, 0.1) is 26.4 Å². The molecule has 6 nitrogen and oxygen atoms in total. The van der Waals surface area contributed by atoms with Gasteiger partial charge in [0.2, 0.25) is 0 Å². The summed E-state index contributed by atoms with van der Waals surface area (Å²) in [6, 6.07) is 16.0. The highest BCUT2D eigenvalue weighted by Gasteiger charge is 2.21. The van der Waals surface area contributed by atoms with Gasteiger partial charge in [0.1, 0.15) is 11.5 Å². The van der Waals surface area contributed by atoms with Crippen LogP contribution in [0.2, 0.25) is 0 Å². The van der Waals surface area contributed by atoms with Gasteiger partial charge in [-0.15, -0.1) is 10.2 Å². The van der Waals surface area contributed by atoms with Gasteiger partial charge in [-0.25, -0.2) is 0 Å². The smallest absolute Gasteiger partial charge is 0.191 e. The molecule has 0 aliphatic carbocycles. The van der Waals surface area contributed by atoms with E-state index in [9.17, 15) is 0 Å². The maximum atomic E-state index is 5.87. The first-order chi connectivity index (χ1) is 14.7. The van der Waals surface area contributed by atoms with Gasteiger partial charge < -0.3 is 14.2 Å². The van der Waals surface area contributed by atoms with Gasteiger partial charge in [0.15, 0.2) is 11.0 Å². The number of hydrogen-bond donors (Lipinski definition) is 0. The second kappa shape index (κ2) is 10.00. The van der Waals surface area contributed by atoms with Crippen LogP contribution in [0.25, 0.3) is 11.4 Å². The standard InChI is InChI=1S/C23H27N3O3S/c1-17-5-9-20(10-6-17)29-14-15-30-23-25-24-22(18-7-11-19(27-2)12-8-18)26(23)16-21-4-3-13-28-21/h5-12,21H,3-4,13-16H2,1-2H3/t21-/m1/s1. The molecule has 4 rings (SSSR count). The van der Waals surface area contributed by atoms with Crippen LogP contribution >= 0.6 is 11.8 Å². The Bertz CT molecular complexity index is 935. The highest BCUT2D eigenvalue weighted by atomic mass is 32.2. The van der Waals surface area contributed by atoms with Gasteiger partial charge in [-0.2, -0.15) is 0 Å². The molecule has 1 aliphatic rings. The number of methoxy groups -OCH3 is 1. The predicted molar refractivity (Wildman–Crippen MR) is 118 cm³/mol. The van der Waals surface area contributed by atoms with Crippen molar-refractivity contribution >= 4 is 11.8 Å². The summed E-state index contributed by atoms with van der Waals surface area (Å²) < 4.78 is 19.2. The topological polar surface area (TPSA) is 58.4 Å². The zero-order valence-corrected chi connectivity index (χ0v) is 18.2. The summed E-state index contributed by atoms with van der Waals surface area (Å²) in [7, 11) is 1.67. The highest BCUT2D eigenvalue weighted by molar-refractivity contribution is 7.99. The zero-order valence-electron chi connectivity index (χ0n) is 17.4. The van der Waals surface area contributed by atoms with E-state index in [2.05, 4.69) is 33.8 Å². The average Bonchev–Trinajstić information content (AvgIpc) is 3.43. The molecule has 1 aromatic heterocycles. The Morgan fingerprint density at radius 1 is 1.07 bits per heavy atom. The van der Waals surface area contributed by atoms with Gasteiger partial charge in [-0.3, -0.25) is 4.57 Å². The second-order valence-corrected chi connectivity index (χ2v) is 8.35. The molecule has 0 unspecified atom stereocenters. The third kappa shape index (κ3) is 5.15. The van der Waals surface area contributed by atoms with E-state index in [1.54, 1.807) is 18.9 Å². The molecule has 2 heterocycles. The number of thioether (sulfide) groups is 1. The van der Waals surface area contributed by atoms with E-state index < -0.39 is 0 Å². The summed E-state index contributed by atoms with van der Waals surface area (Å²) in [6.45, 7) is 4.27. The lowest BCUT2D eigenvalue weighted by molar-refractivity contribution is 0.0953. The number of aryl methyl sites for hydroxylation is 1. The number of rotatable bonds is 9. The summed E-state index contributed by atoms with van der Waals surface area (Å²) in [5, 5.41) is 9.84. The van der Waals surface area contributed by atoms with Gasteiger partial charge in [0.25, 0.3) is 0 Å². The Balaban J connectivity index is 1.45. The molecule has 158 valence electrons. The minimum atomic E-state index is 0.209. The number of ether oxygens (including phenoxy) is 3. The van der Waals surface area contributed by atoms with E-state index in [0.29, 0.717) is 6.61 Å². The van der Waals surface area contributed by atoms with Gasteiger partial charge in [-0.1, -0.05) is 29.5 Å². The largest absolute Gasteiger partial charge is 0.497 e. The van der Waals surface area contributed by atoms with Crippen LogP contribution in [0.1, 0.15) is 18.4 Å². The van der Waals surface area contributed by atoms with Crippen LogP contribution in [0.3, 0.4) is 0 Å². The molecule has 1 aliphatic heterocycles. The summed E-state index contributed by atoms with van der Waals surface area (Å²) >= 11 is 1.66. The lowest BCUT2D eigenvalue weighted by atomic mass is 10.2. The van der Waals surface area contributed by atoms with Crippen LogP contribution in [0, 0.1) is 6.92 Å². The molecular formula is C23H27N3O3S. The van der Waals surface area contributed by atoms with Crippen molar-refractivity contribution in [2.24, 2.45) is 0 Å². The Morgan fingerprint density at radius 2 is 1.83 bits per heavy atom. The SMILES string of the molecule is COc1ccc(-c2nnc(SCCOc3ccc(C)cc3)n2C[C@H]2CCCO2)cc1. The van der Waals surface area contributed by atoms with Crippen molar-refractivity contribution in [2.75, 3.05) is 26.1 Å². The monoisotopic (exact) mass is 425 g/mol. The first-order valence-electron chi connectivity index (χ1n) is 10.2. The summed E-state index contributed by atoms with van der Waals surface area (Å²) in [5.74, 6) is 3.36. The number of aromatic nitrogens is 3. The summed E-state index contributed by atoms with van der Waals surface area (Å²) in [4.78, 5) is 0. The van der Waals surface area contributed by atoms with Crippen molar-refractivity contribution in [3.8, 4) is 22.9 Å². The van der Waals surface area contributed by atoms with Gasteiger partial charge >= 0.3 is 0 Å². The number of nitrogens with zero attached hydrogens (tertiary/aromatic N) is 3. The number of hydrogen-bond acceptors (Lipinski definition) is 6. The van der Waals surface area contributed by atoms with Crippen LogP contribution in [0.5, 0.6) is 11.5 Å². The molecule has 0 spiro atoms. The molecule has 0 N–H and O–H groups in total. The van der Waals surface area contributed by atoms with Crippen molar-refractivity contribution in [2.45, 2.75) is 37.6 Å². The zero-order chi connectivity index (χ0) is 20.8. The quantitative estimate of drug-likeness (QED) is 0.369. The third-order valence-corrected chi connectivity index (χ3v) is 6.01. The van der Waals surface area contributed by atoms with Crippen LogP contribution in [0.4, 0.5) is 0 Å². The summed E-state index contributed by atoms with van der Waals surface area (Å²) in [5.41, 5.74) is 2.24. The van der Waals surface area contributed by atoms with E-state index in [4.69, 9.17) is 14.2 Å². The molecule has 0 amide bonds. The number of benzene rings is 2. The molecule has 0 bridgehead atoms. The fraction of sp³-hybridized carbons (Fsp3) is 0.391. The molecule has 2 aromatic carbocycles. The van der Waals surface area contributed by atoms with Crippen LogP contribution in [-0.2, 0) is 11.3 Å². The van der Waals surface area contributed by atoms with Crippen molar-refractivity contribution < 1.29 is 14.2 Å². The van der Waals surface area contributed by atoms with Crippen LogP contribution < -0.4 is 9.47 Å². The van der Waals surface area contributed by atoms with Crippen molar-refractivity contribution in [3.05, 3.63) is 54.1 Å². The predicted octanol–water partition coefficient (Wildman–Crippen LogP) is 4.61. The Labute approximate surface area is 181 Å². The minimum Gasteiger partial charge on any atom is -0.497 e. The lowest BCUT2D eigenvalue weighted by Gasteiger charge is -2.15. The summed E-state index contributed by atoms with van der Waals surface area (Å²) in [6.07, 6.45) is 2.39. The van der Waals surface area contributed by atoms with Crippen LogP contribution in [0.15, 0.2) is 53.7 Å². The van der Waals surface area contributed by atoms with E-state index >= 15 is 0 Å². The molecular weight excluding hydrogens is 398 g/mol. The third-order valence-electron chi connectivity index (χ3n) is 5.08. The molecule has 1 atom stereocenters. The normalized spacial score (nSPS) is 16.0. The second-order valence-electron chi connectivity index (χ2n) is 7.29.